The van der Waals surface area contributed by atoms with Crippen molar-refractivity contribution in [3.63, 3.8) is 0 Å². The Labute approximate surface area is 141 Å². The van der Waals surface area contributed by atoms with E-state index in [1.807, 2.05) is 0 Å². The van der Waals surface area contributed by atoms with Gasteiger partial charge >= 0.3 is 6.09 Å². The Hall–Kier alpha value is -0.970. The third-order valence-electron chi connectivity index (χ3n) is 3.58. The maximum Gasteiger partial charge on any atom is 0.408 e. The van der Waals surface area contributed by atoms with E-state index in [-0.39, 0.29) is 0 Å². The van der Waals surface area contributed by atoms with Crippen molar-refractivity contribution < 1.29 is 39.4 Å². The van der Waals surface area contributed by atoms with Gasteiger partial charge in [0.15, 0.2) is 11.4 Å². The van der Waals surface area contributed by atoms with E-state index in [0.717, 1.165) is 0 Å². The maximum absolute atomic E-state index is 12.0. The lowest BCUT2D eigenvalue weighted by Crippen LogP contribution is -2.63. The lowest BCUT2D eigenvalue weighted by atomic mass is 9.87. The third-order valence-corrected chi connectivity index (χ3v) is 3.58. The zero-order valence-corrected chi connectivity index (χ0v) is 14.8. The molecule has 1 aliphatic heterocycles. The maximum atomic E-state index is 12.0. The number of nitrogens with one attached hydrogen (secondary N) is 1. The molecule has 9 nitrogen and oxygen atoms in total. The summed E-state index contributed by atoms with van der Waals surface area (Å²) >= 11 is 0. The van der Waals surface area contributed by atoms with Crippen molar-refractivity contribution in [2.45, 2.75) is 69.9 Å². The molecule has 24 heavy (non-hydrogen) atoms. The molecule has 1 amide bonds. The van der Waals surface area contributed by atoms with Gasteiger partial charge in [-0.2, -0.15) is 0 Å². The summed E-state index contributed by atoms with van der Waals surface area (Å²) < 4.78 is 16.4. The van der Waals surface area contributed by atoms with Crippen molar-refractivity contribution in [2.75, 3.05) is 19.8 Å². The van der Waals surface area contributed by atoms with E-state index in [1.54, 1.807) is 34.6 Å². The molecular weight excluding hydrogens is 322 g/mol. The average Bonchev–Trinajstić information content (AvgIpc) is 2.74. The summed E-state index contributed by atoms with van der Waals surface area (Å²) in [5.74, 6) is -1.20. The predicted octanol–water partition coefficient (Wildman–Crippen LogP) is -0.892. The molecule has 0 bridgehead atoms. The van der Waals surface area contributed by atoms with Crippen LogP contribution in [0.1, 0.15) is 34.6 Å². The standard InChI is InChI=1S/C15H29NO8/c1-13(2,3)23-12(21)16-9(6-17)11-15(8-19,10(20)7-18)24-14(4,5)22-11/h9-11,17-20H,6-8H2,1-5H3,(H,16,21)/t9?,10?,11?,15-/m0/s1. The number of carbonyl (C=O) groups is 1. The first-order valence-electron chi connectivity index (χ1n) is 7.79. The molecule has 9 heteroatoms. The van der Waals surface area contributed by atoms with E-state index >= 15 is 0 Å². The largest absolute Gasteiger partial charge is 0.444 e. The molecule has 0 aromatic rings. The lowest BCUT2D eigenvalue weighted by molar-refractivity contribution is -0.199. The number of hydrogen-bond acceptors (Lipinski definition) is 8. The van der Waals surface area contributed by atoms with Crippen LogP contribution in [-0.4, -0.2) is 81.6 Å². The van der Waals surface area contributed by atoms with E-state index in [1.165, 1.54) is 0 Å². The van der Waals surface area contributed by atoms with Gasteiger partial charge in [0.2, 0.25) is 0 Å². The van der Waals surface area contributed by atoms with E-state index in [2.05, 4.69) is 5.32 Å². The molecule has 1 saturated heterocycles. The second kappa shape index (κ2) is 7.51. The molecule has 0 saturated carbocycles. The molecule has 0 aromatic heterocycles. The molecule has 0 spiro atoms. The predicted molar refractivity (Wildman–Crippen MR) is 83.2 cm³/mol. The van der Waals surface area contributed by atoms with Crippen molar-refractivity contribution in [1.82, 2.24) is 5.32 Å². The second-order valence-electron chi connectivity index (χ2n) is 7.29. The molecule has 3 unspecified atom stereocenters. The number of aliphatic hydroxyl groups excluding tert-OH is 4. The Morgan fingerprint density at radius 1 is 1.25 bits per heavy atom. The van der Waals surface area contributed by atoms with Crippen LogP contribution in [0.3, 0.4) is 0 Å². The number of rotatable bonds is 6. The fraction of sp³-hybridized carbons (Fsp3) is 0.933. The summed E-state index contributed by atoms with van der Waals surface area (Å²) in [7, 11) is 0. The molecule has 4 atom stereocenters. The Morgan fingerprint density at radius 2 is 1.83 bits per heavy atom. The quantitative estimate of drug-likeness (QED) is 0.415. The first kappa shape index (κ1) is 21.1. The molecule has 1 aliphatic rings. The van der Waals surface area contributed by atoms with Crippen LogP contribution in [0.4, 0.5) is 4.79 Å². The van der Waals surface area contributed by atoms with Crippen LogP contribution in [-0.2, 0) is 14.2 Å². The van der Waals surface area contributed by atoms with Gasteiger partial charge in [-0.25, -0.2) is 4.79 Å². The van der Waals surface area contributed by atoms with Crippen LogP contribution in [0, 0.1) is 0 Å². The molecular formula is C15H29NO8. The van der Waals surface area contributed by atoms with Gasteiger partial charge in [0.05, 0.1) is 25.9 Å². The van der Waals surface area contributed by atoms with Crippen LogP contribution in [0.15, 0.2) is 0 Å². The Balaban J connectivity index is 3.05. The van der Waals surface area contributed by atoms with Crippen LogP contribution in [0.5, 0.6) is 0 Å². The Morgan fingerprint density at radius 3 is 2.25 bits per heavy atom. The Bertz CT molecular complexity index is 436. The van der Waals surface area contributed by atoms with E-state index in [9.17, 15) is 25.2 Å². The first-order chi connectivity index (χ1) is 10.9. The molecule has 0 radical (unpaired) electrons. The minimum Gasteiger partial charge on any atom is -0.444 e. The molecule has 1 rings (SSSR count). The van der Waals surface area contributed by atoms with E-state index in [0.29, 0.717) is 0 Å². The number of amides is 1. The smallest absolute Gasteiger partial charge is 0.408 e. The van der Waals surface area contributed by atoms with Crippen LogP contribution in [0.25, 0.3) is 0 Å². The number of ether oxygens (including phenoxy) is 3. The zero-order valence-electron chi connectivity index (χ0n) is 14.8. The monoisotopic (exact) mass is 351 g/mol. The fourth-order valence-electron chi connectivity index (χ4n) is 2.68. The van der Waals surface area contributed by atoms with Gasteiger partial charge in [0.25, 0.3) is 0 Å². The summed E-state index contributed by atoms with van der Waals surface area (Å²) in [6.45, 7) is 6.25. The lowest BCUT2D eigenvalue weighted by Gasteiger charge is -2.37. The SMILES string of the molecule is CC(C)(C)OC(=O)NC(CO)C1OC(C)(C)O[C@@]1(CO)C(O)CO. The van der Waals surface area contributed by atoms with Gasteiger partial charge < -0.3 is 40.0 Å². The van der Waals surface area contributed by atoms with Crippen molar-refractivity contribution >= 4 is 6.09 Å². The van der Waals surface area contributed by atoms with Gasteiger partial charge in [-0.05, 0) is 34.6 Å². The zero-order chi connectivity index (χ0) is 18.8. The highest BCUT2D eigenvalue weighted by Crippen LogP contribution is 2.40. The highest BCUT2D eigenvalue weighted by Gasteiger charge is 2.59. The van der Waals surface area contributed by atoms with Crippen LogP contribution < -0.4 is 5.32 Å². The molecule has 142 valence electrons. The van der Waals surface area contributed by atoms with Crippen molar-refractivity contribution in [3.05, 3.63) is 0 Å². The van der Waals surface area contributed by atoms with Crippen molar-refractivity contribution in [2.24, 2.45) is 0 Å². The van der Waals surface area contributed by atoms with E-state index < -0.39 is 61.2 Å². The second-order valence-corrected chi connectivity index (χ2v) is 7.29. The highest BCUT2D eigenvalue weighted by atomic mass is 16.8. The van der Waals surface area contributed by atoms with Crippen molar-refractivity contribution in [1.29, 1.82) is 0 Å². The third kappa shape index (κ3) is 4.78. The van der Waals surface area contributed by atoms with Gasteiger partial charge in [0.1, 0.15) is 17.8 Å². The highest BCUT2D eigenvalue weighted by molar-refractivity contribution is 5.68. The number of carbonyl (C=O) groups excluding carboxylic acids is 1. The fourth-order valence-corrected chi connectivity index (χ4v) is 2.68. The summed E-state index contributed by atoms with van der Waals surface area (Å²) in [5, 5.41) is 41.3. The van der Waals surface area contributed by atoms with Crippen LogP contribution in [0.2, 0.25) is 0 Å². The topological polar surface area (TPSA) is 138 Å². The summed E-state index contributed by atoms with van der Waals surface area (Å²) in [6, 6.07) is -1.03. The molecule has 1 fully saturated rings. The molecule has 0 aliphatic carbocycles. The van der Waals surface area contributed by atoms with Gasteiger partial charge in [-0.1, -0.05) is 0 Å². The normalized spacial score (nSPS) is 29.1. The number of hydrogen-bond donors (Lipinski definition) is 5. The summed E-state index contributed by atoms with van der Waals surface area (Å²) in [5.41, 5.74) is -2.45. The molecule has 0 aromatic carbocycles. The summed E-state index contributed by atoms with van der Waals surface area (Å²) in [6.07, 6.45) is -3.39. The van der Waals surface area contributed by atoms with Gasteiger partial charge in [-0.15, -0.1) is 0 Å². The minimum atomic E-state index is -1.71. The average molecular weight is 351 g/mol. The van der Waals surface area contributed by atoms with Crippen LogP contribution >= 0.6 is 0 Å². The first-order valence-corrected chi connectivity index (χ1v) is 7.79. The minimum absolute atomic E-state index is 0.552. The molecule has 1 heterocycles. The van der Waals surface area contributed by atoms with Crippen molar-refractivity contribution in [3.8, 4) is 0 Å². The Kier molecular flexibility index (Phi) is 6.59. The summed E-state index contributed by atoms with van der Waals surface area (Å²) in [4.78, 5) is 12.0. The number of alkyl carbamates (subject to hydrolysis) is 1. The van der Waals surface area contributed by atoms with Gasteiger partial charge in [0, 0.05) is 0 Å². The van der Waals surface area contributed by atoms with Gasteiger partial charge in [-0.3, -0.25) is 0 Å². The van der Waals surface area contributed by atoms with E-state index in [4.69, 9.17) is 14.2 Å². The molecule has 5 N–H and O–H groups in total. The number of aliphatic hydroxyl groups is 4.